The Bertz CT molecular complexity index is 441. The van der Waals surface area contributed by atoms with Gasteiger partial charge in [-0.25, -0.2) is 0 Å². The molecule has 0 aromatic heterocycles. The molecule has 1 aromatic carbocycles. The fourth-order valence-electron chi connectivity index (χ4n) is 3.30. The van der Waals surface area contributed by atoms with Crippen molar-refractivity contribution in [2.45, 2.75) is 57.2 Å². The van der Waals surface area contributed by atoms with Gasteiger partial charge in [0.25, 0.3) is 0 Å². The summed E-state index contributed by atoms with van der Waals surface area (Å²) in [5.74, 6) is 1.54. The van der Waals surface area contributed by atoms with Crippen LogP contribution >= 0.6 is 0 Å². The molecule has 3 nitrogen and oxygen atoms in total. The Balaban J connectivity index is 1.61. The Labute approximate surface area is 127 Å². The van der Waals surface area contributed by atoms with Gasteiger partial charge in [-0.15, -0.1) is 0 Å². The number of ether oxygens (including phenoxy) is 3. The van der Waals surface area contributed by atoms with E-state index >= 15 is 0 Å². The van der Waals surface area contributed by atoms with Crippen LogP contribution in [0.1, 0.15) is 51.0 Å². The van der Waals surface area contributed by atoms with E-state index in [0.29, 0.717) is 5.92 Å². The van der Waals surface area contributed by atoms with Crippen molar-refractivity contribution in [3.8, 4) is 5.75 Å². The summed E-state index contributed by atoms with van der Waals surface area (Å²) < 4.78 is 17.7. The van der Waals surface area contributed by atoms with E-state index in [1.54, 1.807) is 0 Å². The molecule has 1 aromatic rings. The minimum Gasteiger partial charge on any atom is -0.490 e. The fourth-order valence-corrected chi connectivity index (χ4v) is 3.30. The van der Waals surface area contributed by atoms with Crippen molar-refractivity contribution in [2.24, 2.45) is 0 Å². The highest BCUT2D eigenvalue weighted by atomic mass is 16.5. The Hall–Kier alpha value is -1.06. The van der Waals surface area contributed by atoms with Crippen LogP contribution in [-0.4, -0.2) is 31.5 Å². The van der Waals surface area contributed by atoms with Gasteiger partial charge in [0.2, 0.25) is 0 Å². The molecular formula is C18H26O3. The minimum atomic E-state index is -0.000952. The Morgan fingerprint density at radius 3 is 2.48 bits per heavy atom. The first-order valence-corrected chi connectivity index (χ1v) is 8.15. The van der Waals surface area contributed by atoms with Gasteiger partial charge in [-0.3, -0.25) is 0 Å². The molecular weight excluding hydrogens is 264 g/mol. The average Bonchev–Trinajstić information content (AvgIpc) is 2.49. The first-order valence-electron chi connectivity index (χ1n) is 8.15. The lowest BCUT2D eigenvalue weighted by Crippen LogP contribution is -2.47. The highest BCUT2D eigenvalue weighted by molar-refractivity contribution is 5.29. The molecule has 2 aliphatic heterocycles. The van der Waals surface area contributed by atoms with E-state index in [-0.39, 0.29) is 11.7 Å². The van der Waals surface area contributed by atoms with Gasteiger partial charge in [-0.2, -0.15) is 0 Å². The van der Waals surface area contributed by atoms with Crippen LogP contribution < -0.4 is 4.74 Å². The van der Waals surface area contributed by atoms with Gasteiger partial charge in [0, 0.05) is 26.1 Å². The smallest absolute Gasteiger partial charge is 0.119 e. The number of hydrogen-bond donors (Lipinski definition) is 0. The minimum absolute atomic E-state index is 0.000952. The van der Waals surface area contributed by atoms with Crippen molar-refractivity contribution in [1.29, 1.82) is 0 Å². The molecule has 2 fully saturated rings. The van der Waals surface area contributed by atoms with Crippen molar-refractivity contribution in [3.63, 3.8) is 0 Å². The van der Waals surface area contributed by atoms with Crippen molar-refractivity contribution in [2.75, 3.05) is 19.8 Å². The fraction of sp³-hybridized carbons (Fsp3) is 0.667. The molecule has 21 heavy (non-hydrogen) atoms. The van der Waals surface area contributed by atoms with Crippen molar-refractivity contribution < 1.29 is 14.2 Å². The normalized spacial score (nSPS) is 25.2. The second kappa shape index (κ2) is 6.37. The lowest BCUT2D eigenvalue weighted by molar-refractivity contribution is -0.155. The predicted molar refractivity (Wildman–Crippen MR) is 82.9 cm³/mol. The lowest BCUT2D eigenvalue weighted by Gasteiger charge is -2.43. The molecule has 2 saturated heterocycles. The van der Waals surface area contributed by atoms with Gasteiger partial charge < -0.3 is 14.2 Å². The molecule has 3 rings (SSSR count). The van der Waals surface area contributed by atoms with Crippen LogP contribution in [0.2, 0.25) is 0 Å². The van der Waals surface area contributed by atoms with Crippen LogP contribution in [0.3, 0.4) is 0 Å². The molecule has 2 heterocycles. The monoisotopic (exact) mass is 290 g/mol. The molecule has 0 N–H and O–H groups in total. The summed E-state index contributed by atoms with van der Waals surface area (Å²) in [4.78, 5) is 0. The van der Waals surface area contributed by atoms with E-state index < -0.39 is 0 Å². The molecule has 0 bridgehead atoms. The number of benzene rings is 1. The maximum atomic E-state index is 6.20. The molecule has 1 spiro atoms. The molecule has 0 radical (unpaired) electrons. The Morgan fingerprint density at radius 2 is 1.81 bits per heavy atom. The third-order valence-electron chi connectivity index (χ3n) is 4.70. The third-order valence-corrected chi connectivity index (χ3v) is 4.70. The largest absolute Gasteiger partial charge is 0.490 e. The van der Waals surface area contributed by atoms with Crippen LogP contribution in [0.4, 0.5) is 0 Å². The number of hydrogen-bond acceptors (Lipinski definition) is 3. The van der Waals surface area contributed by atoms with Crippen molar-refractivity contribution in [1.82, 2.24) is 0 Å². The zero-order valence-corrected chi connectivity index (χ0v) is 13.1. The maximum Gasteiger partial charge on any atom is 0.119 e. The Kier molecular flexibility index (Phi) is 4.51. The van der Waals surface area contributed by atoms with Crippen LogP contribution in [0.15, 0.2) is 24.3 Å². The zero-order valence-electron chi connectivity index (χ0n) is 13.1. The first-order chi connectivity index (χ1) is 10.2. The molecule has 3 heteroatoms. The van der Waals surface area contributed by atoms with Gasteiger partial charge in [-0.05, 0) is 36.5 Å². The molecule has 2 aliphatic rings. The van der Waals surface area contributed by atoms with Crippen LogP contribution in [0.5, 0.6) is 5.75 Å². The molecule has 0 saturated carbocycles. The summed E-state index contributed by atoms with van der Waals surface area (Å²) in [6.45, 7) is 6.85. The molecule has 0 aliphatic carbocycles. The van der Waals surface area contributed by atoms with Gasteiger partial charge in [0.1, 0.15) is 11.9 Å². The summed E-state index contributed by atoms with van der Waals surface area (Å²) >= 11 is 0. The van der Waals surface area contributed by atoms with Gasteiger partial charge in [-0.1, -0.05) is 26.0 Å². The van der Waals surface area contributed by atoms with Crippen molar-refractivity contribution >= 4 is 0 Å². The van der Waals surface area contributed by atoms with E-state index in [1.165, 1.54) is 5.56 Å². The van der Waals surface area contributed by atoms with E-state index in [1.807, 2.05) is 0 Å². The number of rotatable bonds is 3. The lowest BCUT2D eigenvalue weighted by atomic mass is 9.85. The first kappa shape index (κ1) is 14.9. The van der Waals surface area contributed by atoms with E-state index in [2.05, 4.69) is 38.1 Å². The van der Waals surface area contributed by atoms with E-state index in [9.17, 15) is 0 Å². The molecule has 0 amide bonds. The van der Waals surface area contributed by atoms with Crippen LogP contribution in [0, 0.1) is 0 Å². The van der Waals surface area contributed by atoms with E-state index in [0.717, 1.165) is 51.3 Å². The second-order valence-corrected chi connectivity index (χ2v) is 6.60. The van der Waals surface area contributed by atoms with Crippen LogP contribution in [0.25, 0.3) is 0 Å². The summed E-state index contributed by atoms with van der Waals surface area (Å²) in [6, 6.07) is 8.54. The quantitative estimate of drug-likeness (QED) is 0.844. The van der Waals surface area contributed by atoms with Gasteiger partial charge in [0.05, 0.1) is 12.2 Å². The highest BCUT2D eigenvalue weighted by Gasteiger charge is 2.39. The standard InChI is InChI=1S/C18H26O3/c1-14(2)15-3-5-16(6-4-15)21-17-7-10-20-18(13-17)8-11-19-12-9-18/h3-6,14,17H,7-13H2,1-2H3. The zero-order chi connectivity index (χ0) is 14.7. The van der Waals surface area contributed by atoms with E-state index in [4.69, 9.17) is 14.2 Å². The summed E-state index contributed by atoms with van der Waals surface area (Å²) in [7, 11) is 0. The summed E-state index contributed by atoms with van der Waals surface area (Å²) in [5.41, 5.74) is 1.36. The van der Waals surface area contributed by atoms with Crippen LogP contribution in [-0.2, 0) is 9.47 Å². The predicted octanol–water partition coefficient (Wildman–Crippen LogP) is 3.92. The topological polar surface area (TPSA) is 27.7 Å². The summed E-state index contributed by atoms with van der Waals surface area (Å²) in [6.07, 6.45) is 4.23. The third kappa shape index (κ3) is 3.58. The molecule has 1 unspecified atom stereocenters. The Morgan fingerprint density at radius 1 is 1.10 bits per heavy atom. The van der Waals surface area contributed by atoms with Gasteiger partial charge >= 0.3 is 0 Å². The average molecular weight is 290 g/mol. The molecule has 116 valence electrons. The summed E-state index contributed by atoms with van der Waals surface area (Å²) in [5, 5.41) is 0. The second-order valence-electron chi connectivity index (χ2n) is 6.60. The maximum absolute atomic E-state index is 6.20. The van der Waals surface area contributed by atoms with Gasteiger partial charge in [0.15, 0.2) is 0 Å². The SMILES string of the molecule is CC(C)c1ccc(OC2CCOC3(CCOCC3)C2)cc1. The molecule has 1 atom stereocenters. The van der Waals surface area contributed by atoms with Crippen molar-refractivity contribution in [3.05, 3.63) is 29.8 Å². The highest BCUT2D eigenvalue weighted by Crippen LogP contribution is 2.35.